The number of carbonyl (C=O) groups is 4. The van der Waals surface area contributed by atoms with Gasteiger partial charge in [0.25, 0.3) is 0 Å². The molecule has 0 saturated heterocycles. The summed E-state index contributed by atoms with van der Waals surface area (Å²) >= 11 is 0. The second kappa shape index (κ2) is 14.0. The van der Waals surface area contributed by atoms with E-state index in [0.29, 0.717) is 37.8 Å². The Balaban J connectivity index is 1.33. The minimum atomic E-state index is -0.774. The topological polar surface area (TPSA) is 137 Å². The van der Waals surface area contributed by atoms with Gasteiger partial charge in [0.2, 0.25) is 5.91 Å². The summed E-state index contributed by atoms with van der Waals surface area (Å²) < 4.78 is 10.4. The first-order valence-electron chi connectivity index (χ1n) is 12.2. The van der Waals surface area contributed by atoms with Gasteiger partial charge in [0.15, 0.2) is 12.4 Å². The number of ether oxygens (including phenoxy) is 2. The number of benzene rings is 2. The second-order valence-corrected chi connectivity index (χ2v) is 8.79. The van der Waals surface area contributed by atoms with E-state index in [9.17, 15) is 19.2 Å². The van der Waals surface area contributed by atoms with Gasteiger partial charge in [-0.3, -0.25) is 14.4 Å². The van der Waals surface area contributed by atoms with E-state index < -0.39 is 24.0 Å². The van der Waals surface area contributed by atoms with Crippen molar-refractivity contribution in [2.75, 3.05) is 13.2 Å². The van der Waals surface area contributed by atoms with Crippen LogP contribution in [-0.2, 0) is 25.7 Å². The highest BCUT2D eigenvalue weighted by Crippen LogP contribution is 2.27. The van der Waals surface area contributed by atoms with Gasteiger partial charge < -0.3 is 25.8 Å². The van der Waals surface area contributed by atoms with E-state index in [2.05, 4.69) is 10.6 Å². The Morgan fingerprint density at radius 3 is 2.36 bits per heavy atom. The smallest absolute Gasteiger partial charge is 0.407 e. The average Bonchev–Trinajstić information content (AvgIpc) is 3.37. The fourth-order valence-corrected chi connectivity index (χ4v) is 4.07. The molecule has 192 valence electrons. The molecule has 36 heavy (non-hydrogen) atoms. The number of carbonyl (C=O) groups excluding carboxylic acids is 4. The highest BCUT2D eigenvalue weighted by molar-refractivity contribution is 5.98. The summed E-state index contributed by atoms with van der Waals surface area (Å²) in [6.07, 6.45) is 2.30. The van der Waals surface area contributed by atoms with Crippen molar-refractivity contribution >= 4 is 23.8 Å². The molecule has 0 aromatic heterocycles. The van der Waals surface area contributed by atoms with Gasteiger partial charge >= 0.3 is 12.1 Å². The van der Waals surface area contributed by atoms with E-state index >= 15 is 0 Å². The van der Waals surface area contributed by atoms with Gasteiger partial charge in [-0.2, -0.15) is 0 Å². The van der Waals surface area contributed by atoms with Crippen molar-refractivity contribution in [1.82, 2.24) is 10.6 Å². The lowest BCUT2D eigenvalue weighted by Crippen LogP contribution is -2.48. The maximum atomic E-state index is 12.6. The quantitative estimate of drug-likeness (QED) is 0.234. The van der Waals surface area contributed by atoms with Crippen LogP contribution in [0.2, 0.25) is 0 Å². The molecule has 9 heteroatoms. The third kappa shape index (κ3) is 8.49. The summed E-state index contributed by atoms with van der Waals surface area (Å²) in [5.74, 6) is -1.63. The molecule has 0 spiro atoms. The van der Waals surface area contributed by atoms with Crippen molar-refractivity contribution in [1.29, 1.82) is 0 Å². The van der Waals surface area contributed by atoms with Crippen LogP contribution in [0.15, 0.2) is 60.7 Å². The number of alkyl carbamates (subject to hydrolysis) is 1. The molecule has 2 aromatic rings. The van der Waals surface area contributed by atoms with Gasteiger partial charge in [-0.1, -0.05) is 67.1 Å². The lowest BCUT2D eigenvalue weighted by atomic mass is 10.0. The van der Waals surface area contributed by atoms with E-state index in [0.717, 1.165) is 12.0 Å². The number of hydrogen-bond donors (Lipinski definition) is 3. The number of Topliss-reactive ketones (excluding diaryl/α,β-unsaturated/α-hetero) is 1. The summed E-state index contributed by atoms with van der Waals surface area (Å²) in [5.41, 5.74) is 7.38. The monoisotopic (exact) mass is 495 g/mol. The summed E-state index contributed by atoms with van der Waals surface area (Å²) in [7, 11) is 0. The number of rotatable bonds is 12. The number of nitrogens with two attached hydrogens (primary N) is 1. The molecule has 0 radical (unpaired) electrons. The van der Waals surface area contributed by atoms with Crippen LogP contribution in [0.3, 0.4) is 0 Å². The van der Waals surface area contributed by atoms with E-state index in [-0.39, 0.29) is 30.9 Å². The molecular formula is C27H33N3O6. The van der Waals surface area contributed by atoms with Crippen LogP contribution in [0.25, 0.3) is 0 Å². The summed E-state index contributed by atoms with van der Waals surface area (Å²) in [6.45, 7) is 0.169. The molecular weight excluding hydrogens is 462 g/mol. The minimum Gasteiger partial charge on any atom is -0.457 e. The molecule has 4 N–H and O–H groups in total. The van der Waals surface area contributed by atoms with Gasteiger partial charge in [-0.25, -0.2) is 4.79 Å². The molecule has 3 rings (SSSR count). The Morgan fingerprint density at radius 2 is 1.64 bits per heavy atom. The molecule has 0 unspecified atom stereocenters. The van der Waals surface area contributed by atoms with Crippen molar-refractivity contribution in [3.63, 3.8) is 0 Å². The van der Waals surface area contributed by atoms with Crippen LogP contribution < -0.4 is 16.4 Å². The van der Waals surface area contributed by atoms with Gasteiger partial charge in [-0.15, -0.1) is 0 Å². The molecule has 2 amide bonds. The van der Waals surface area contributed by atoms with E-state index in [1.54, 1.807) is 30.3 Å². The Bertz CT molecular complexity index is 1010. The summed E-state index contributed by atoms with van der Waals surface area (Å²) in [5, 5.41) is 5.50. The first-order valence-corrected chi connectivity index (χ1v) is 12.2. The number of nitrogens with one attached hydrogen (secondary N) is 2. The fraction of sp³-hybridized carbons (Fsp3) is 0.407. The average molecular weight is 496 g/mol. The predicted octanol–water partition coefficient (Wildman–Crippen LogP) is 2.73. The fourth-order valence-electron chi connectivity index (χ4n) is 4.07. The zero-order chi connectivity index (χ0) is 25.8. The van der Waals surface area contributed by atoms with Crippen molar-refractivity contribution in [3.8, 4) is 0 Å². The Hall–Kier alpha value is -3.72. The molecule has 0 bridgehead atoms. The van der Waals surface area contributed by atoms with Crippen LogP contribution in [0.5, 0.6) is 0 Å². The molecule has 1 aliphatic carbocycles. The molecule has 0 heterocycles. The number of amides is 2. The van der Waals surface area contributed by atoms with Crippen molar-refractivity contribution in [2.24, 2.45) is 11.7 Å². The van der Waals surface area contributed by atoms with E-state index in [4.69, 9.17) is 15.2 Å². The molecule has 1 aliphatic rings. The second-order valence-electron chi connectivity index (χ2n) is 8.79. The summed E-state index contributed by atoms with van der Waals surface area (Å²) in [6, 6.07) is 16.8. The van der Waals surface area contributed by atoms with Gasteiger partial charge in [0.05, 0.1) is 12.0 Å². The molecule has 1 saturated carbocycles. The first-order chi connectivity index (χ1) is 17.4. The third-order valence-electron chi connectivity index (χ3n) is 6.10. The molecule has 1 fully saturated rings. The first kappa shape index (κ1) is 26.9. The molecule has 9 nitrogen and oxygen atoms in total. The van der Waals surface area contributed by atoms with Crippen molar-refractivity contribution < 1.29 is 28.7 Å². The highest BCUT2D eigenvalue weighted by Gasteiger charge is 2.36. The molecule has 0 aliphatic heterocycles. The third-order valence-corrected chi connectivity index (χ3v) is 6.10. The maximum Gasteiger partial charge on any atom is 0.407 e. The number of esters is 1. The highest BCUT2D eigenvalue weighted by atomic mass is 16.5. The van der Waals surface area contributed by atoms with E-state index in [1.807, 2.05) is 30.3 Å². The predicted molar refractivity (Wildman–Crippen MR) is 133 cm³/mol. The van der Waals surface area contributed by atoms with Crippen molar-refractivity contribution in [2.45, 2.75) is 50.8 Å². The largest absolute Gasteiger partial charge is 0.457 e. The van der Waals surface area contributed by atoms with Crippen LogP contribution in [0.4, 0.5) is 4.79 Å². The van der Waals surface area contributed by atoms with Crippen LogP contribution in [0, 0.1) is 5.92 Å². The van der Waals surface area contributed by atoms with Crippen LogP contribution >= 0.6 is 0 Å². The van der Waals surface area contributed by atoms with Crippen LogP contribution in [0.1, 0.15) is 48.0 Å². The Labute approximate surface area is 210 Å². The minimum absolute atomic E-state index is 0.181. The van der Waals surface area contributed by atoms with Gasteiger partial charge in [0, 0.05) is 18.2 Å². The Morgan fingerprint density at radius 1 is 0.944 bits per heavy atom. The zero-order valence-electron chi connectivity index (χ0n) is 20.2. The standard InChI is InChI=1S/C27H33N3O6/c28-22(14-8-16-29-27(34)36-17-19-9-3-1-4-10-19)25(32)30-23-15-7-13-21(23)26(33)35-18-24(31)20-11-5-2-6-12-20/h1-6,9-12,21-23H,7-8,13-18,28H2,(H,29,34)(H,30,32)/t21-,22+,23+/m1/s1. The SMILES string of the molecule is N[C@@H](CCCNC(=O)OCc1ccccc1)C(=O)N[C@H]1CCC[C@H]1C(=O)OCC(=O)c1ccccc1. The van der Waals surface area contributed by atoms with Gasteiger partial charge in [0.1, 0.15) is 6.61 Å². The molecule has 3 atom stereocenters. The number of hydrogen-bond acceptors (Lipinski definition) is 7. The van der Waals surface area contributed by atoms with Crippen molar-refractivity contribution in [3.05, 3.63) is 71.8 Å². The Kier molecular flexibility index (Phi) is 10.4. The van der Waals surface area contributed by atoms with Gasteiger partial charge in [-0.05, 0) is 31.2 Å². The lowest BCUT2D eigenvalue weighted by molar-refractivity contribution is -0.148. The molecule has 2 aromatic carbocycles. The normalized spacial score (nSPS) is 17.6. The maximum absolute atomic E-state index is 12.6. The number of ketones is 1. The van der Waals surface area contributed by atoms with E-state index in [1.165, 1.54) is 0 Å². The zero-order valence-corrected chi connectivity index (χ0v) is 20.2. The lowest BCUT2D eigenvalue weighted by Gasteiger charge is -2.22. The summed E-state index contributed by atoms with van der Waals surface area (Å²) in [4.78, 5) is 49.1. The van der Waals surface area contributed by atoms with Crippen LogP contribution in [-0.4, -0.2) is 49.0 Å².